The van der Waals surface area contributed by atoms with Crippen LogP contribution in [0.4, 0.5) is 10.5 Å². The number of halogens is 1. The molecule has 1 unspecified atom stereocenters. The van der Waals surface area contributed by atoms with E-state index in [4.69, 9.17) is 5.11 Å². The number of hydrogen-bond acceptors (Lipinski definition) is 7. The van der Waals surface area contributed by atoms with Gasteiger partial charge in [-0.05, 0) is 43.3 Å². The summed E-state index contributed by atoms with van der Waals surface area (Å²) >= 11 is 4.38. The smallest absolute Gasteiger partial charge is 0.335 e. The minimum Gasteiger partial charge on any atom is -0.478 e. The van der Waals surface area contributed by atoms with Crippen LogP contribution in [0.5, 0.6) is 0 Å². The summed E-state index contributed by atoms with van der Waals surface area (Å²) in [5.74, 6) is -1.33. The van der Waals surface area contributed by atoms with Gasteiger partial charge in [0.1, 0.15) is 5.52 Å². The number of aromatic nitrogens is 3. The molecule has 1 aromatic heterocycles. The largest absolute Gasteiger partial charge is 0.478 e. The molecule has 3 aromatic rings. The highest BCUT2D eigenvalue weighted by molar-refractivity contribution is 9.10. The number of para-hydroxylation sites is 1. The molecule has 4 rings (SSSR count). The Morgan fingerprint density at radius 1 is 1.17 bits per heavy atom. The van der Waals surface area contributed by atoms with Crippen LogP contribution in [0, 0.1) is 0 Å². The predicted octanol–water partition coefficient (Wildman–Crippen LogP) is 3.39. The van der Waals surface area contributed by atoms with Crippen molar-refractivity contribution in [2.75, 3.05) is 10.8 Å². The van der Waals surface area contributed by atoms with Gasteiger partial charge in [0, 0.05) is 5.75 Å². The molecule has 1 atom stereocenters. The Morgan fingerprint density at radius 3 is 2.57 bits per heavy atom. The van der Waals surface area contributed by atoms with Crippen molar-refractivity contribution in [2.45, 2.75) is 11.2 Å². The number of benzene rings is 2. The molecule has 0 radical (unpaired) electrons. The molecule has 2 heterocycles. The lowest BCUT2D eigenvalue weighted by molar-refractivity contribution is -0.118. The second-order valence-corrected chi connectivity index (χ2v) is 8.78. The Bertz CT molecular complexity index is 1210. The maximum atomic E-state index is 13.1. The molecule has 1 N–H and O–H groups in total. The van der Waals surface area contributed by atoms with Crippen LogP contribution in [0.1, 0.15) is 17.3 Å². The third-order valence-electron chi connectivity index (χ3n) is 4.63. The van der Waals surface area contributed by atoms with Gasteiger partial charge in [-0.3, -0.25) is 9.59 Å². The summed E-state index contributed by atoms with van der Waals surface area (Å²) < 4.78 is 0.0276. The third kappa shape index (κ3) is 3.39. The standard InChI is InChI=1S/C19H14BrN5O4S/c1-11-19(20,10-30-18(29)25-15-5-3-2-4-14(15)21-23-25)17(28)24(22-11)13-8-6-12(7-9-13)16(26)27/h2-9H,10H2,1H3,(H,26,27). The summed E-state index contributed by atoms with van der Waals surface area (Å²) in [6, 6.07) is 12.9. The van der Waals surface area contributed by atoms with Gasteiger partial charge >= 0.3 is 11.2 Å². The Balaban J connectivity index is 1.51. The fraction of sp³-hybridized carbons (Fsp3) is 0.158. The first-order chi connectivity index (χ1) is 14.3. The summed E-state index contributed by atoms with van der Waals surface area (Å²) in [6.45, 7) is 1.69. The Morgan fingerprint density at radius 2 is 1.87 bits per heavy atom. The maximum Gasteiger partial charge on any atom is 0.335 e. The van der Waals surface area contributed by atoms with Gasteiger partial charge in [-0.25, -0.2) is 4.79 Å². The fourth-order valence-corrected chi connectivity index (χ4v) is 4.41. The van der Waals surface area contributed by atoms with E-state index in [1.807, 2.05) is 0 Å². The summed E-state index contributed by atoms with van der Waals surface area (Å²) in [6.07, 6.45) is 0. The number of anilines is 1. The van der Waals surface area contributed by atoms with Gasteiger partial charge in [-0.2, -0.15) is 14.8 Å². The average molecular weight is 488 g/mol. The van der Waals surface area contributed by atoms with Crippen molar-refractivity contribution in [3.05, 3.63) is 54.1 Å². The molecular weight excluding hydrogens is 474 g/mol. The number of rotatable bonds is 4. The van der Waals surface area contributed by atoms with E-state index >= 15 is 0 Å². The zero-order chi connectivity index (χ0) is 21.5. The van der Waals surface area contributed by atoms with Crippen molar-refractivity contribution in [1.82, 2.24) is 15.0 Å². The van der Waals surface area contributed by atoms with E-state index in [1.165, 1.54) is 34.0 Å². The second-order valence-electron chi connectivity index (χ2n) is 6.50. The average Bonchev–Trinajstić information content (AvgIpc) is 3.27. The Kier molecular flexibility index (Phi) is 5.16. The molecule has 0 spiro atoms. The first kappa shape index (κ1) is 20.2. The highest BCUT2D eigenvalue weighted by Gasteiger charge is 2.48. The number of carboxylic acids is 1. The van der Waals surface area contributed by atoms with E-state index in [1.54, 1.807) is 31.2 Å². The zero-order valence-corrected chi connectivity index (χ0v) is 17.9. The second kappa shape index (κ2) is 7.65. The molecule has 11 heteroatoms. The quantitative estimate of drug-likeness (QED) is 0.560. The van der Waals surface area contributed by atoms with Gasteiger partial charge in [0.25, 0.3) is 5.91 Å². The minimum atomic E-state index is -1.17. The van der Waals surface area contributed by atoms with Gasteiger partial charge in [0.15, 0.2) is 4.32 Å². The number of hydrogen-bond donors (Lipinski definition) is 1. The lowest BCUT2D eigenvalue weighted by Crippen LogP contribution is -2.43. The first-order valence-corrected chi connectivity index (χ1v) is 10.5. The van der Waals surface area contributed by atoms with Crippen LogP contribution in [0.15, 0.2) is 53.6 Å². The number of carbonyl (C=O) groups excluding carboxylic acids is 2. The number of fused-ring (bicyclic) bond motifs is 1. The molecular formula is C19H14BrN5O4S. The van der Waals surface area contributed by atoms with E-state index in [9.17, 15) is 14.4 Å². The van der Waals surface area contributed by atoms with E-state index < -0.39 is 10.3 Å². The number of carboxylic acid groups (broad SMARTS) is 1. The van der Waals surface area contributed by atoms with Gasteiger partial charge < -0.3 is 5.11 Å². The molecule has 152 valence electrons. The van der Waals surface area contributed by atoms with Crippen molar-refractivity contribution in [3.63, 3.8) is 0 Å². The van der Waals surface area contributed by atoms with Crippen molar-refractivity contribution in [2.24, 2.45) is 5.10 Å². The first-order valence-electron chi connectivity index (χ1n) is 8.71. The van der Waals surface area contributed by atoms with Gasteiger partial charge in [0.05, 0.1) is 22.5 Å². The lowest BCUT2D eigenvalue weighted by atomic mass is 10.1. The molecule has 0 fully saturated rings. The van der Waals surface area contributed by atoms with Crippen molar-refractivity contribution in [1.29, 1.82) is 0 Å². The number of thioether (sulfide) groups is 1. The van der Waals surface area contributed by atoms with Crippen molar-refractivity contribution >= 4 is 67.2 Å². The van der Waals surface area contributed by atoms with Gasteiger partial charge in [-0.15, -0.1) is 5.10 Å². The normalized spacial score (nSPS) is 18.7. The molecule has 1 aliphatic rings. The zero-order valence-electron chi connectivity index (χ0n) is 15.5. The lowest BCUT2D eigenvalue weighted by Gasteiger charge is -2.21. The van der Waals surface area contributed by atoms with E-state index in [-0.39, 0.29) is 22.5 Å². The molecule has 0 aliphatic carbocycles. The third-order valence-corrected chi connectivity index (χ3v) is 7.19. The molecule has 2 aromatic carbocycles. The summed E-state index contributed by atoms with van der Waals surface area (Å²) in [7, 11) is 0. The number of hydrazone groups is 1. The van der Waals surface area contributed by atoms with Crippen LogP contribution in [0.25, 0.3) is 11.0 Å². The molecule has 1 amide bonds. The predicted molar refractivity (Wildman–Crippen MR) is 116 cm³/mol. The van der Waals surface area contributed by atoms with Crippen LogP contribution in [-0.2, 0) is 4.79 Å². The fourth-order valence-electron chi connectivity index (χ4n) is 2.91. The molecule has 1 aliphatic heterocycles. The van der Waals surface area contributed by atoms with Gasteiger partial charge in [0.2, 0.25) is 0 Å². The number of aromatic carboxylic acids is 1. The van der Waals surface area contributed by atoms with Crippen molar-refractivity contribution in [3.8, 4) is 0 Å². The summed E-state index contributed by atoms with van der Waals surface area (Å²) in [5.41, 5.74) is 2.22. The van der Waals surface area contributed by atoms with Crippen LogP contribution < -0.4 is 5.01 Å². The number of amides is 1. The topological polar surface area (TPSA) is 118 Å². The SMILES string of the molecule is CC1=NN(c2ccc(C(=O)O)cc2)C(=O)C1(Br)CSC(=O)n1nnc2ccccc21. The molecule has 0 bridgehead atoms. The number of carbonyl (C=O) groups is 3. The maximum absolute atomic E-state index is 13.1. The van der Waals surface area contributed by atoms with Crippen LogP contribution in [0.3, 0.4) is 0 Å². The van der Waals surface area contributed by atoms with Gasteiger partial charge in [-0.1, -0.05) is 45.0 Å². The molecule has 0 saturated heterocycles. The summed E-state index contributed by atoms with van der Waals surface area (Å²) in [5, 5.41) is 22.0. The van der Waals surface area contributed by atoms with Crippen molar-refractivity contribution < 1.29 is 19.5 Å². The number of nitrogens with zero attached hydrogens (tertiary/aromatic N) is 5. The van der Waals surface area contributed by atoms with Crippen LogP contribution >= 0.6 is 27.7 Å². The highest BCUT2D eigenvalue weighted by atomic mass is 79.9. The van der Waals surface area contributed by atoms with E-state index in [2.05, 4.69) is 31.3 Å². The highest BCUT2D eigenvalue weighted by Crippen LogP contribution is 2.36. The Hall–Kier alpha value is -3.05. The van der Waals surface area contributed by atoms with Crippen LogP contribution in [-0.4, -0.2) is 53.0 Å². The van der Waals surface area contributed by atoms with Crippen LogP contribution in [0.2, 0.25) is 0 Å². The van der Waals surface area contributed by atoms with E-state index in [0.29, 0.717) is 22.4 Å². The number of alkyl halides is 1. The Labute approximate surface area is 182 Å². The van der Waals surface area contributed by atoms with E-state index in [0.717, 1.165) is 11.8 Å². The summed E-state index contributed by atoms with van der Waals surface area (Å²) in [4.78, 5) is 36.7. The molecule has 9 nitrogen and oxygen atoms in total. The molecule has 0 saturated carbocycles. The monoisotopic (exact) mass is 487 g/mol. The molecule has 30 heavy (non-hydrogen) atoms. The minimum absolute atomic E-state index is 0.0951.